The van der Waals surface area contributed by atoms with Crippen molar-refractivity contribution in [3.8, 4) is 17.2 Å². The number of ether oxygens (including phenoxy) is 3. The normalized spacial score (nSPS) is 10.8. The minimum absolute atomic E-state index is 0.0557. The lowest BCUT2D eigenvalue weighted by Crippen LogP contribution is -2.37. The number of aromatic nitrogens is 1. The van der Waals surface area contributed by atoms with Gasteiger partial charge in [-0.1, -0.05) is 12.2 Å². The zero-order valence-electron chi connectivity index (χ0n) is 17.3. The molecule has 3 rings (SSSR count). The molecule has 1 heterocycles. The van der Waals surface area contributed by atoms with Gasteiger partial charge in [-0.15, -0.1) is 0 Å². The molecule has 0 aliphatic heterocycles. The van der Waals surface area contributed by atoms with Crippen molar-refractivity contribution < 1.29 is 19.3 Å². The molecule has 0 atom stereocenters. The number of hydrogen-bond acceptors (Lipinski definition) is 6. The maximum Gasteiger partial charge on any atom is 0.264 e. The summed E-state index contributed by atoms with van der Waals surface area (Å²) in [4.78, 5) is 15.1. The standard InChI is InChI=1S/C22H24N2O5S/c1-23-18-10-9-16(29-4)13-17(18)20(25)19(21(23)26)22(30)24(11-12-27-2)14-5-7-15(28-3)8-6-14/h5-10,13,25H,11-12H2,1-4H3. The summed E-state index contributed by atoms with van der Waals surface area (Å²) in [6, 6.07) is 12.4. The number of fused-ring (bicyclic) bond motifs is 1. The molecular weight excluding hydrogens is 404 g/mol. The van der Waals surface area contributed by atoms with E-state index in [1.807, 2.05) is 12.1 Å². The molecule has 0 spiro atoms. The van der Waals surface area contributed by atoms with Crippen LogP contribution >= 0.6 is 12.2 Å². The first-order valence-corrected chi connectivity index (χ1v) is 9.68. The Kier molecular flexibility index (Phi) is 6.59. The fourth-order valence-electron chi connectivity index (χ4n) is 3.26. The second-order valence-electron chi connectivity index (χ2n) is 6.62. The van der Waals surface area contributed by atoms with E-state index in [1.54, 1.807) is 63.6 Å². The molecule has 0 saturated carbocycles. The molecule has 0 aliphatic carbocycles. The minimum atomic E-state index is -0.383. The number of anilines is 1. The van der Waals surface area contributed by atoms with Crippen molar-refractivity contribution in [2.75, 3.05) is 39.4 Å². The van der Waals surface area contributed by atoms with Gasteiger partial charge in [0, 0.05) is 31.8 Å². The van der Waals surface area contributed by atoms with Gasteiger partial charge >= 0.3 is 0 Å². The monoisotopic (exact) mass is 428 g/mol. The Balaban J connectivity index is 2.16. The number of rotatable bonds is 7. The van der Waals surface area contributed by atoms with E-state index in [0.29, 0.717) is 35.6 Å². The quantitative estimate of drug-likeness (QED) is 0.580. The molecular formula is C22H24N2O5S. The van der Waals surface area contributed by atoms with Gasteiger partial charge in [-0.05, 0) is 42.5 Å². The summed E-state index contributed by atoms with van der Waals surface area (Å²) < 4.78 is 17.2. The van der Waals surface area contributed by atoms with Crippen LogP contribution in [-0.4, -0.2) is 49.1 Å². The lowest BCUT2D eigenvalue weighted by atomic mass is 10.1. The molecule has 0 radical (unpaired) electrons. The van der Waals surface area contributed by atoms with E-state index in [0.717, 1.165) is 5.69 Å². The smallest absolute Gasteiger partial charge is 0.264 e. The Bertz CT molecular complexity index is 1130. The second-order valence-corrected chi connectivity index (χ2v) is 7.01. The Morgan fingerprint density at radius 1 is 1.07 bits per heavy atom. The van der Waals surface area contributed by atoms with Crippen LogP contribution < -0.4 is 19.9 Å². The van der Waals surface area contributed by atoms with Crippen LogP contribution in [0.3, 0.4) is 0 Å². The third kappa shape index (κ3) is 3.96. The highest BCUT2D eigenvalue weighted by Gasteiger charge is 2.24. The predicted molar refractivity (Wildman–Crippen MR) is 121 cm³/mol. The topological polar surface area (TPSA) is 73.2 Å². The molecule has 158 valence electrons. The van der Waals surface area contributed by atoms with E-state index in [4.69, 9.17) is 26.4 Å². The molecule has 30 heavy (non-hydrogen) atoms. The summed E-state index contributed by atoms with van der Waals surface area (Å²) in [5.74, 6) is 1.10. The molecule has 2 aromatic carbocycles. The number of aromatic hydroxyl groups is 1. The van der Waals surface area contributed by atoms with E-state index in [1.165, 1.54) is 4.57 Å². The number of nitrogens with zero attached hydrogens (tertiary/aromatic N) is 2. The maximum absolute atomic E-state index is 13.1. The first-order chi connectivity index (χ1) is 14.4. The molecule has 3 aromatic rings. The SMILES string of the molecule is COCCN(C(=S)c1c(O)c2cc(OC)ccc2n(C)c1=O)c1ccc(OC)cc1. The van der Waals surface area contributed by atoms with Gasteiger partial charge < -0.3 is 28.8 Å². The Morgan fingerprint density at radius 3 is 2.30 bits per heavy atom. The van der Waals surface area contributed by atoms with Crippen molar-refractivity contribution >= 4 is 33.8 Å². The summed E-state index contributed by atoms with van der Waals surface area (Å²) in [5, 5.41) is 11.5. The third-order valence-electron chi connectivity index (χ3n) is 4.94. The molecule has 1 N–H and O–H groups in total. The average Bonchev–Trinajstić information content (AvgIpc) is 2.78. The van der Waals surface area contributed by atoms with Crippen LogP contribution in [0, 0.1) is 0 Å². The second kappa shape index (κ2) is 9.15. The average molecular weight is 429 g/mol. The molecule has 8 heteroatoms. The highest BCUT2D eigenvalue weighted by molar-refractivity contribution is 7.81. The van der Waals surface area contributed by atoms with Gasteiger partial charge in [0.05, 0.1) is 26.3 Å². The van der Waals surface area contributed by atoms with Crippen LogP contribution in [0.1, 0.15) is 5.56 Å². The molecule has 0 fully saturated rings. The number of pyridine rings is 1. The van der Waals surface area contributed by atoms with Crippen LogP contribution in [0.4, 0.5) is 5.69 Å². The van der Waals surface area contributed by atoms with Crippen molar-refractivity contribution in [3.05, 3.63) is 58.4 Å². The van der Waals surface area contributed by atoms with Crippen molar-refractivity contribution in [2.45, 2.75) is 0 Å². The van der Waals surface area contributed by atoms with Crippen molar-refractivity contribution in [2.24, 2.45) is 7.05 Å². The van der Waals surface area contributed by atoms with Gasteiger partial charge in [0.15, 0.2) is 0 Å². The van der Waals surface area contributed by atoms with E-state index < -0.39 is 0 Å². The highest BCUT2D eigenvalue weighted by Crippen LogP contribution is 2.31. The van der Waals surface area contributed by atoms with Crippen LogP contribution in [-0.2, 0) is 11.8 Å². The zero-order chi connectivity index (χ0) is 21.8. The van der Waals surface area contributed by atoms with E-state index in [9.17, 15) is 9.90 Å². The molecule has 0 aliphatic rings. The summed E-state index contributed by atoms with van der Waals surface area (Å²) in [6.45, 7) is 0.787. The Hall–Kier alpha value is -3.10. The molecule has 0 bridgehead atoms. The molecule has 7 nitrogen and oxygen atoms in total. The Morgan fingerprint density at radius 2 is 1.70 bits per heavy atom. The summed E-state index contributed by atoms with van der Waals surface area (Å²) in [5.41, 5.74) is 1.01. The lowest BCUT2D eigenvalue weighted by molar-refractivity contribution is 0.208. The molecule has 0 amide bonds. The molecule has 0 unspecified atom stereocenters. The first-order valence-electron chi connectivity index (χ1n) is 9.27. The van der Waals surface area contributed by atoms with Crippen molar-refractivity contribution in [1.29, 1.82) is 0 Å². The number of thiocarbonyl (C=S) groups is 1. The van der Waals surface area contributed by atoms with Gasteiger partial charge in [-0.2, -0.15) is 0 Å². The van der Waals surface area contributed by atoms with Gasteiger partial charge in [0.1, 0.15) is 27.8 Å². The van der Waals surface area contributed by atoms with Gasteiger partial charge in [0.25, 0.3) is 5.56 Å². The zero-order valence-corrected chi connectivity index (χ0v) is 18.2. The first kappa shape index (κ1) is 21.6. The third-order valence-corrected chi connectivity index (χ3v) is 5.36. The van der Waals surface area contributed by atoms with Crippen molar-refractivity contribution in [1.82, 2.24) is 4.57 Å². The lowest BCUT2D eigenvalue weighted by Gasteiger charge is -2.26. The fraction of sp³-hybridized carbons (Fsp3) is 0.273. The number of methoxy groups -OCH3 is 3. The maximum atomic E-state index is 13.1. The van der Waals surface area contributed by atoms with Gasteiger partial charge in [-0.25, -0.2) is 0 Å². The van der Waals surface area contributed by atoms with E-state index >= 15 is 0 Å². The van der Waals surface area contributed by atoms with Gasteiger partial charge in [0.2, 0.25) is 0 Å². The van der Waals surface area contributed by atoms with Gasteiger partial charge in [-0.3, -0.25) is 4.79 Å². The fourth-order valence-corrected chi connectivity index (χ4v) is 3.64. The number of hydrogen-bond donors (Lipinski definition) is 1. The van der Waals surface area contributed by atoms with E-state index in [-0.39, 0.29) is 21.9 Å². The van der Waals surface area contributed by atoms with Crippen LogP contribution in [0.25, 0.3) is 10.9 Å². The molecule has 1 aromatic heterocycles. The van der Waals surface area contributed by atoms with E-state index in [2.05, 4.69) is 0 Å². The largest absolute Gasteiger partial charge is 0.506 e. The number of aryl methyl sites for hydroxylation is 1. The van der Waals surface area contributed by atoms with Crippen LogP contribution in [0.15, 0.2) is 47.3 Å². The van der Waals surface area contributed by atoms with Crippen LogP contribution in [0.2, 0.25) is 0 Å². The Labute approximate surface area is 180 Å². The summed E-state index contributed by atoms with van der Waals surface area (Å²) >= 11 is 5.69. The van der Waals surface area contributed by atoms with Crippen molar-refractivity contribution in [3.63, 3.8) is 0 Å². The summed E-state index contributed by atoms with van der Waals surface area (Å²) in [7, 11) is 6.37. The summed E-state index contributed by atoms with van der Waals surface area (Å²) in [6.07, 6.45) is 0. The highest BCUT2D eigenvalue weighted by atomic mass is 32.1. The predicted octanol–water partition coefficient (Wildman–Crippen LogP) is 3.09. The minimum Gasteiger partial charge on any atom is -0.506 e. The molecule has 0 saturated heterocycles. The number of benzene rings is 2. The van der Waals surface area contributed by atoms with Crippen LogP contribution in [0.5, 0.6) is 17.2 Å².